The molecule has 1 aromatic carbocycles. The van der Waals surface area contributed by atoms with E-state index in [1.165, 1.54) is 19.3 Å². The number of aromatic nitrogens is 2. The first-order valence-corrected chi connectivity index (χ1v) is 7.63. The Bertz CT molecular complexity index is 657. The Morgan fingerprint density at radius 2 is 1.95 bits per heavy atom. The molecule has 114 valence electrons. The van der Waals surface area contributed by atoms with E-state index in [9.17, 15) is 9.59 Å². The van der Waals surface area contributed by atoms with Gasteiger partial charge in [-0.25, -0.2) is 4.79 Å². The highest BCUT2D eigenvalue weighted by Crippen LogP contribution is 2.17. The van der Waals surface area contributed by atoms with Crippen molar-refractivity contribution in [1.29, 1.82) is 0 Å². The van der Waals surface area contributed by atoms with E-state index in [4.69, 9.17) is 0 Å². The Morgan fingerprint density at radius 1 is 1.19 bits per heavy atom. The first-order chi connectivity index (χ1) is 10.1. The molecule has 0 aliphatic carbocycles. The highest BCUT2D eigenvalue weighted by Gasteiger charge is 2.13. The number of amides is 1. The molecule has 1 aromatic heterocycles. The first-order valence-electron chi connectivity index (χ1n) is 7.63. The molecule has 5 heteroatoms. The van der Waals surface area contributed by atoms with Crippen LogP contribution in [0.3, 0.4) is 0 Å². The number of nitrogens with one attached hydrogen (secondary N) is 3. The molecule has 0 radical (unpaired) electrons. The molecule has 0 saturated heterocycles. The van der Waals surface area contributed by atoms with Crippen molar-refractivity contribution in [2.75, 3.05) is 5.32 Å². The van der Waals surface area contributed by atoms with Crippen molar-refractivity contribution < 1.29 is 4.79 Å². The molecule has 1 atom stereocenters. The molecular weight excluding hydrogens is 266 g/mol. The molecule has 1 unspecified atom stereocenters. The number of carbonyl (C=O) groups is 1. The summed E-state index contributed by atoms with van der Waals surface area (Å²) in [5.74, 6) is 0.0338. The van der Waals surface area contributed by atoms with Gasteiger partial charge in [-0.2, -0.15) is 0 Å². The molecule has 0 saturated carbocycles. The second-order valence-corrected chi connectivity index (χ2v) is 5.58. The second-order valence-electron chi connectivity index (χ2n) is 5.58. The van der Waals surface area contributed by atoms with E-state index in [0.29, 0.717) is 11.2 Å². The van der Waals surface area contributed by atoms with E-state index in [1.807, 2.05) is 6.92 Å². The smallest absolute Gasteiger partial charge is 0.323 e. The predicted molar refractivity (Wildman–Crippen MR) is 85.5 cm³/mol. The van der Waals surface area contributed by atoms with Crippen LogP contribution < -0.4 is 11.0 Å². The Morgan fingerprint density at radius 3 is 2.71 bits per heavy atom. The molecule has 5 nitrogen and oxygen atoms in total. The molecule has 0 fully saturated rings. The number of carbonyl (C=O) groups excluding carboxylic acids is 1. The van der Waals surface area contributed by atoms with Gasteiger partial charge in [0.15, 0.2) is 0 Å². The van der Waals surface area contributed by atoms with E-state index in [1.54, 1.807) is 18.2 Å². The second kappa shape index (κ2) is 7.11. The van der Waals surface area contributed by atoms with Crippen LogP contribution in [-0.2, 0) is 4.79 Å². The maximum absolute atomic E-state index is 12.1. The number of benzene rings is 1. The summed E-state index contributed by atoms with van der Waals surface area (Å²) in [6.45, 7) is 4.13. The lowest BCUT2D eigenvalue weighted by Crippen LogP contribution is -2.20. The van der Waals surface area contributed by atoms with Crippen LogP contribution in [0.2, 0.25) is 0 Å². The largest absolute Gasteiger partial charge is 0.326 e. The zero-order chi connectivity index (χ0) is 15.2. The topological polar surface area (TPSA) is 77.8 Å². The lowest BCUT2D eigenvalue weighted by Gasteiger charge is -2.12. The molecule has 1 amide bonds. The van der Waals surface area contributed by atoms with E-state index in [-0.39, 0.29) is 17.5 Å². The molecule has 0 aliphatic rings. The molecule has 0 aliphatic heterocycles. The number of rotatable bonds is 7. The van der Waals surface area contributed by atoms with Crippen LogP contribution in [0.15, 0.2) is 23.0 Å². The van der Waals surface area contributed by atoms with Crippen molar-refractivity contribution in [2.45, 2.75) is 46.0 Å². The summed E-state index contributed by atoms with van der Waals surface area (Å²) < 4.78 is 0. The number of hydrogen-bond donors (Lipinski definition) is 3. The van der Waals surface area contributed by atoms with Gasteiger partial charge >= 0.3 is 5.69 Å². The number of fused-ring (bicyclic) bond motifs is 1. The lowest BCUT2D eigenvalue weighted by atomic mass is 10.0. The van der Waals surface area contributed by atoms with Gasteiger partial charge in [-0.3, -0.25) is 4.79 Å². The zero-order valence-electron chi connectivity index (χ0n) is 12.7. The van der Waals surface area contributed by atoms with Crippen LogP contribution in [0.25, 0.3) is 11.0 Å². The van der Waals surface area contributed by atoms with E-state index in [0.717, 1.165) is 18.4 Å². The molecule has 1 heterocycles. The number of hydrogen-bond acceptors (Lipinski definition) is 2. The molecule has 2 aromatic rings. The Balaban J connectivity index is 1.92. The van der Waals surface area contributed by atoms with E-state index >= 15 is 0 Å². The molecule has 3 N–H and O–H groups in total. The van der Waals surface area contributed by atoms with Gasteiger partial charge in [0.1, 0.15) is 0 Å². The highest BCUT2D eigenvalue weighted by atomic mass is 16.2. The minimum atomic E-state index is -0.238. The summed E-state index contributed by atoms with van der Waals surface area (Å²) in [5.41, 5.74) is 1.92. The third kappa shape index (κ3) is 4.21. The van der Waals surface area contributed by atoms with Crippen molar-refractivity contribution in [2.24, 2.45) is 5.92 Å². The van der Waals surface area contributed by atoms with Crippen LogP contribution in [0, 0.1) is 5.92 Å². The maximum atomic E-state index is 12.1. The molecule has 21 heavy (non-hydrogen) atoms. The third-order valence-electron chi connectivity index (χ3n) is 3.72. The van der Waals surface area contributed by atoms with E-state index in [2.05, 4.69) is 22.2 Å². The van der Waals surface area contributed by atoms with Crippen molar-refractivity contribution in [3.63, 3.8) is 0 Å². The first kappa shape index (κ1) is 15.4. The molecular formula is C16H23N3O2. The molecule has 2 rings (SSSR count). The van der Waals surface area contributed by atoms with Crippen LogP contribution in [0.5, 0.6) is 0 Å². The minimum absolute atomic E-state index is 0.00262. The average Bonchev–Trinajstić information content (AvgIpc) is 2.82. The highest BCUT2D eigenvalue weighted by molar-refractivity contribution is 5.94. The number of aromatic amines is 2. The summed E-state index contributed by atoms with van der Waals surface area (Å²) in [6, 6.07) is 5.36. The number of anilines is 1. The Hall–Kier alpha value is -2.04. The van der Waals surface area contributed by atoms with Gasteiger partial charge in [-0.15, -0.1) is 0 Å². The summed E-state index contributed by atoms with van der Waals surface area (Å²) in [6.07, 6.45) is 5.62. The quantitative estimate of drug-likeness (QED) is 0.683. The normalized spacial score (nSPS) is 12.5. The van der Waals surface area contributed by atoms with Crippen molar-refractivity contribution in [3.05, 3.63) is 28.7 Å². The summed E-state index contributed by atoms with van der Waals surface area (Å²) in [7, 11) is 0. The van der Waals surface area contributed by atoms with Gasteiger partial charge in [0.25, 0.3) is 0 Å². The predicted octanol–water partition coefficient (Wildman–Crippen LogP) is 3.40. The molecule has 0 bridgehead atoms. The minimum Gasteiger partial charge on any atom is -0.326 e. The van der Waals surface area contributed by atoms with Gasteiger partial charge in [0.2, 0.25) is 5.91 Å². The van der Waals surface area contributed by atoms with Gasteiger partial charge in [-0.05, 0) is 24.6 Å². The summed E-state index contributed by atoms with van der Waals surface area (Å²) >= 11 is 0. The summed E-state index contributed by atoms with van der Waals surface area (Å²) in [5, 5.41) is 2.91. The maximum Gasteiger partial charge on any atom is 0.323 e. The van der Waals surface area contributed by atoms with E-state index < -0.39 is 0 Å². The summed E-state index contributed by atoms with van der Waals surface area (Å²) in [4.78, 5) is 28.7. The average molecular weight is 289 g/mol. The fourth-order valence-corrected chi connectivity index (χ4v) is 2.38. The Kier molecular flexibility index (Phi) is 5.20. The number of unbranched alkanes of at least 4 members (excludes halogenated alkanes) is 3. The Labute approximate surface area is 124 Å². The van der Waals surface area contributed by atoms with Gasteiger partial charge in [-0.1, -0.05) is 39.5 Å². The SMILES string of the molecule is CCCCCCC(C)C(=O)Nc1ccc2[nH]c(=O)[nH]c2c1. The monoisotopic (exact) mass is 289 g/mol. The van der Waals surface area contributed by atoms with Crippen molar-refractivity contribution in [3.8, 4) is 0 Å². The van der Waals surface area contributed by atoms with Gasteiger partial charge in [0, 0.05) is 11.6 Å². The van der Waals surface area contributed by atoms with Gasteiger partial charge < -0.3 is 15.3 Å². The molecule has 0 spiro atoms. The van der Waals surface area contributed by atoms with Crippen molar-refractivity contribution in [1.82, 2.24) is 9.97 Å². The van der Waals surface area contributed by atoms with Crippen molar-refractivity contribution >= 4 is 22.6 Å². The van der Waals surface area contributed by atoms with Gasteiger partial charge in [0.05, 0.1) is 11.0 Å². The number of imidazole rings is 1. The van der Waals surface area contributed by atoms with Crippen LogP contribution in [0.4, 0.5) is 5.69 Å². The third-order valence-corrected chi connectivity index (χ3v) is 3.72. The number of H-pyrrole nitrogens is 2. The fourth-order valence-electron chi connectivity index (χ4n) is 2.38. The zero-order valence-corrected chi connectivity index (χ0v) is 12.7. The fraction of sp³-hybridized carbons (Fsp3) is 0.500. The lowest BCUT2D eigenvalue weighted by molar-refractivity contribution is -0.119. The van der Waals surface area contributed by atoms with Crippen LogP contribution in [0.1, 0.15) is 46.0 Å². The van der Waals surface area contributed by atoms with Crippen LogP contribution in [-0.4, -0.2) is 15.9 Å². The standard InChI is InChI=1S/C16H23N3O2/c1-3-4-5-6-7-11(2)15(20)17-12-8-9-13-14(10-12)19-16(21)18-13/h8-11H,3-7H2,1-2H3,(H,17,20)(H2,18,19,21). The van der Waals surface area contributed by atoms with Crippen LogP contribution >= 0.6 is 0 Å².